The van der Waals surface area contributed by atoms with Crippen molar-refractivity contribution in [1.29, 1.82) is 0 Å². The van der Waals surface area contributed by atoms with Crippen LogP contribution in [0.25, 0.3) is 0 Å². The average Bonchev–Trinajstić information content (AvgIpc) is 2.29. The number of benzene rings is 1. The van der Waals surface area contributed by atoms with E-state index in [1.807, 2.05) is 11.8 Å². The van der Waals surface area contributed by atoms with Gasteiger partial charge in [0.15, 0.2) is 0 Å². The van der Waals surface area contributed by atoms with Crippen LogP contribution in [0, 0.1) is 5.92 Å². The van der Waals surface area contributed by atoms with Crippen molar-refractivity contribution < 1.29 is 0 Å². The van der Waals surface area contributed by atoms with E-state index in [9.17, 15) is 0 Å². The van der Waals surface area contributed by atoms with E-state index in [1.165, 1.54) is 10.5 Å². The molecular formula is C14H22ClNS. The Hall–Kier alpha value is -0.180. The second-order valence-electron chi connectivity index (χ2n) is 4.61. The first-order valence-corrected chi connectivity index (χ1v) is 7.46. The second kappa shape index (κ2) is 7.30. The molecule has 0 aliphatic rings. The molecule has 0 bridgehead atoms. The van der Waals surface area contributed by atoms with Crippen LogP contribution < -0.4 is 5.32 Å². The molecule has 1 rings (SSSR count). The first-order chi connectivity index (χ1) is 8.04. The maximum atomic E-state index is 6.31. The fraction of sp³-hybridized carbons (Fsp3) is 0.571. The summed E-state index contributed by atoms with van der Waals surface area (Å²) in [5, 5.41) is 4.77. The first kappa shape index (κ1) is 14.9. The van der Waals surface area contributed by atoms with E-state index in [0.29, 0.717) is 11.2 Å². The Labute approximate surface area is 114 Å². The Morgan fingerprint density at radius 2 is 2.00 bits per heavy atom. The zero-order chi connectivity index (χ0) is 12.8. The smallest absolute Gasteiger partial charge is 0.0545 e. The molecule has 1 N–H and O–H groups in total. The molecule has 0 radical (unpaired) electrons. The minimum absolute atomic E-state index is 0.590. The molecule has 1 aromatic rings. The Morgan fingerprint density at radius 3 is 2.53 bits per heavy atom. The van der Waals surface area contributed by atoms with Crippen molar-refractivity contribution in [3.05, 3.63) is 28.8 Å². The molecule has 0 spiro atoms. The Morgan fingerprint density at radius 1 is 1.29 bits per heavy atom. The fourth-order valence-corrected chi connectivity index (χ4v) is 2.68. The van der Waals surface area contributed by atoms with Crippen molar-refractivity contribution in [3.63, 3.8) is 0 Å². The van der Waals surface area contributed by atoms with E-state index in [2.05, 4.69) is 51.2 Å². The highest BCUT2D eigenvalue weighted by molar-refractivity contribution is 8.00. The van der Waals surface area contributed by atoms with Gasteiger partial charge in [-0.3, -0.25) is 0 Å². The van der Waals surface area contributed by atoms with Crippen LogP contribution in [0.5, 0.6) is 0 Å². The summed E-state index contributed by atoms with van der Waals surface area (Å²) in [6.45, 7) is 10.7. The topological polar surface area (TPSA) is 12.0 Å². The van der Waals surface area contributed by atoms with E-state index < -0.39 is 0 Å². The maximum absolute atomic E-state index is 6.31. The molecule has 0 fully saturated rings. The van der Waals surface area contributed by atoms with Gasteiger partial charge >= 0.3 is 0 Å². The fourth-order valence-electron chi connectivity index (χ4n) is 1.36. The molecule has 3 heteroatoms. The Bertz CT molecular complexity index is 352. The van der Waals surface area contributed by atoms with Crippen molar-refractivity contribution in [2.45, 2.75) is 44.4 Å². The summed E-state index contributed by atoms with van der Waals surface area (Å²) in [7, 11) is 0. The van der Waals surface area contributed by atoms with Gasteiger partial charge in [-0.2, -0.15) is 0 Å². The summed E-state index contributed by atoms with van der Waals surface area (Å²) in [6, 6.07) is 6.36. The highest BCUT2D eigenvalue weighted by Gasteiger charge is 2.11. The standard InChI is InChI=1S/C14H22ClNS/c1-5-16-9-12-6-7-14(13(15)8-12)17-11(4)10(2)3/h6-8,10-11,16H,5,9H2,1-4H3. The summed E-state index contributed by atoms with van der Waals surface area (Å²) in [4.78, 5) is 1.19. The molecule has 0 amide bonds. The van der Waals surface area contributed by atoms with Gasteiger partial charge in [0.25, 0.3) is 0 Å². The van der Waals surface area contributed by atoms with Gasteiger partial charge in [-0.1, -0.05) is 45.4 Å². The van der Waals surface area contributed by atoms with Crippen LogP contribution in [0.4, 0.5) is 0 Å². The Balaban J connectivity index is 2.69. The van der Waals surface area contributed by atoms with Gasteiger partial charge in [-0.25, -0.2) is 0 Å². The average molecular weight is 272 g/mol. The number of hydrogen-bond donors (Lipinski definition) is 1. The number of rotatable bonds is 6. The number of hydrogen-bond acceptors (Lipinski definition) is 2. The van der Waals surface area contributed by atoms with Crippen LogP contribution in [-0.4, -0.2) is 11.8 Å². The number of nitrogens with one attached hydrogen (secondary N) is 1. The van der Waals surface area contributed by atoms with Crippen LogP contribution in [0.15, 0.2) is 23.1 Å². The maximum Gasteiger partial charge on any atom is 0.0545 e. The lowest BCUT2D eigenvalue weighted by Gasteiger charge is -2.16. The molecule has 17 heavy (non-hydrogen) atoms. The van der Waals surface area contributed by atoms with E-state index in [4.69, 9.17) is 11.6 Å². The van der Waals surface area contributed by atoms with Crippen LogP contribution in [0.1, 0.15) is 33.3 Å². The molecule has 0 heterocycles. The third-order valence-corrected chi connectivity index (χ3v) is 4.78. The van der Waals surface area contributed by atoms with Crippen LogP contribution in [0.2, 0.25) is 5.02 Å². The number of halogens is 1. The van der Waals surface area contributed by atoms with E-state index in [-0.39, 0.29) is 0 Å². The quantitative estimate of drug-likeness (QED) is 0.760. The van der Waals surface area contributed by atoms with Crippen LogP contribution >= 0.6 is 23.4 Å². The summed E-state index contributed by atoms with van der Waals surface area (Å²) in [5.41, 5.74) is 1.25. The SMILES string of the molecule is CCNCc1ccc(SC(C)C(C)C)c(Cl)c1. The van der Waals surface area contributed by atoms with Gasteiger partial charge in [0.1, 0.15) is 0 Å². The first-order valence-electron chi connectivity index (χ1n) is 6.20. The highest BCUT2D eigenvalue weighted by atomic mass is 35.5. The predicted octanol–water partition coefficient (Wildman–Crippen LogP) is 4.59. The lowest BCUT2D eigenvalue weighted by molar-refractivity contribution is 0.642. The molecule has 96 valence electrons. The lowest BCUT2D eigenvalue weighted by Crippen LogP contribution is -2.11. The van der Waals surface area contributed by atoms with Crippen LogP contribution in [0.3, 0.4) is 0 Å². The summed E-state index contributed by atoms with van der Waals surface area (Å²) in [6.07, 6.45) is 0. The minimum Gasteiger partial charge on any atom is -0.313 e. The lowest BCUT2D eigenvalue weighted by atomic mass is 10.2. The predicted molar refractivity (Wildman–Crippen MR) is 79.0 cm³/mol. The van der Waals surface area contributed by atoms with Crippen molar-refractivity contribution in [3.8, 4) is 0 Å². The van der Waals surface area contributed by atoms with E-state index in [1.54, 1.807) is 0 Å². The Kier molecular flexibility index (Phi) is 6.39. The van der Waals surface area contributed by atoms with Crippen molar-refractivity contribution in [2.24, 2.45) is 5.92 Å². The zero-order valence-electron chi connectivity index (χ0n) is 11.1. The monoisotopic (exact) mass is 271 g/mol. The molecule has 1 aromatic carbocycles. The largest absolute Gasteiger partial charge is 0.313 e. The molecule has 1 atom stereocenters. The normalized spacial score (nSPS) is 13.1. The van der Waals surface area contributed by atoms with Gasteiger partial charge in [-0.15, -0.1) is 11.8 Å². The van der Waals surface area contributed by atoms with Gasteiger partial charge in [-0.05, 0) is 30.2 Å². The number of thioether (sulfide) groups is 1. The molecule has 0 aliphatic carbocycles. The zero-order valence-corrected chi connectivity index (χ0v) is 12.7. The van der Waals surface area contributed by atoms with Gasteiger partial charge in [0.2, 0.25) is 0 Å². The second-order valence-corrected chi connectivity index (χ2v) is 6.44. The van der Waals surface area contributed by atoms with Crippen LogP contribution in [-0.2, 0) is 6.54 Å². The molecule has 0 saturated carbocycles. The third-order valence-electron chi connectivity index (χ3n) is 2.83. The molecule has 0 aliphatic heterocycles. The molecular weight excluding hydrogens is 250 g/mol. The summed E-state index contributed by atoms with van der Waals surface area (Å²) >= 11 is 8.17. The van der Waals surface area contributed by atoms with E-state index in [0.717, 1.165) is 18.1 Å². The van der Waals surface area contributed by atoms with Crippen molar-refractivity contribution in [1.82, 2.24) is 5.32 Å². The molecule has 0 aromatic heterocycles. The molecule has 1 nitrogen and oxygen atoms in total. The van der Waals surface area contributed by atoms with E-state index >= 15 is 0 Å². The summed E-state index contributed by atoms with van der Waals surface area (Å²) in [5.74, 6) is 0.664. The van der Waals surface area contributed by atoms with Crippen molar-refractivity contribution in [2.75, 3.05) is 6.54 Å². The molecule has 1 unspecified atom stereocenters. The third kappa shape index (κ3) is 4.90. The van der Waals surface area contributed by atoms with Crippen molar-refractivity contribution >= 4 is 23.4 Å². The highest BCUT2D eigenvalue weighted by Crippen LogP contribution is 2.33. The molecule has 0 saturated heterocycles. The van der Waals surface area contributed by atoms with Gasteiger partial charge in [0, 0.05) is 16.7 Å². The summed E-state index contributed by atoms with van der Waals surface area (Å²) < 4.78 is 0. The van der Waals surface area contributed by atoms with Gasteiger partial charge < -0.3 is 5.32 Å². The minimum atomic E-state index is 0.590. The van der Waals surface area contributed by atoms with Gasteiger partial charge in [0.05, 0.1) is 5.02 Å².